The molecule has 1 amide bonds. The molecule has 1 N–H and O–H groups in total. The highest BCUT2D eigenvalue weighted by Gasteiger charge is 2.15. The lowest BCUT2D eigenvalue weighted by molar-refractivity contribution is 0.0912. The summed E-state index contributed by atoms with van der Waals surface area (Å²) in [6, 6.07) is 8.21. The van der Waals surface area contributed by atoms with Crippen LogP contribution in [-0.4, -0.2) is 5.91 Å². The minimum Gasteiger partial charge on any atom is -0.459 e. The fraction of sp³-hybridized carbons (Fsp3) is 0.154. The van der Waals surface area contributed by atoms with Crippen molar-refractivity contribution in [1.82, 2.24) is 5.32 Å². The van der Waals surface area contributed by atoms with Crippen molar-refractivity contribution in [2.75, 3.05) is 0 Å². The molecule has 0 unspecified atom stereocenters. The fourth-order valence-electron chi connectivity index (χ4n) is 1.61. The Kier molecular flexibility index (Phi) is 3.94. The van der Waals surface area contributed by atoms with E-state index in [0.29, 0.717) is 10.0 Å². The van der Waals surface area contributed by atoms with Crippen molar-refractivity contribution < 1.29 is 9.21 Å². The van der Waals surface area contributed by atoms with E-state index in [2.05, 4.69) is 5.32 Å². The lowest BCUT2D eigenvalue weighted by Gasteiger charge is -2.15. The molecule has 0 aliphatic heterocycles. The zero-order valence-corrected chi connectivity index (χ0v) is 11.1. The zero-order chi connectivity index (χ0) is 13.1. The Bertz CT molecular complexity index is 552. The maximum Gasteiger partial charge on any atom is 0.287 e. The predicted octanol–water partition coefficient (Wildman–Crippen LogP) is 4.08. The topological polar surface area (TPSA) is 42.2 Å². The van der Waals surface area contributed by atoms with Crippen molar-refractivity contribution in [1.29, 1.82) is 0 Å². The standard InChI is InChI=1S/C13H11Cl2NO2/c1-8(10-5-4-9(14)7-11(10)15)16-13(17)12-3-2-6-18-12/h2-8H,1H3,(H,16,17)/t8-/m0/s1. The summed E-state index contributed by atoms with van der Waals surface area (Å²) in [4.78, 5) is 11.8. The smallest absolute Gasteiger partial charge is 0.287 e. The highest BCUT2D eigenvalue weighted by molar-refractivity contribution is 6.35. The van der Waals surface area contributed by atoms with E-state index in [1.807, 2.05) is 6.92 Å². The largest absolute Gasteiger partial charge is 0.459 e. The van der Waals surface area contributed by atoms with Crippen LogP contribution >= 0.6 is 23.2 Å². The van der Waals surface area contributed by atoms with Gasteiger partial charge in [-0.25, -0.2) is 0 Å². The Morgan fingerprint density at radius 3 is 2.72 bits per heavy atom. The minimum absolute atomic E-state index is 0.229. The number of furan rings is 1. The highest BCUT2D eigenvalue weighted by atomic mass is 35.5. The molecule has 1 aromatic heterocycles. The second kappa shape index (κ2) is 5.46. The van der Waals surface area contributed by atoms with Gasteiger partial charge in [-0.2, -0.15) is 0 Å². The van der Waals surface area contributed by atoms with Crippen molar-refractivity contribution in [3.63, 3.8) is 0 Å². The Hall–Kier alpha value is -1.45. The maximum atomic E-state index is 11.8. The molecule has 1 aromatic carbocycles. The summed E-state index contributed by atoms with van der Waals surface area (Å²) in [5.41, 5.74) is 0.806. The molecule has 94 valence electrons. The van der Waals surface area contributed by atoms with E-state index in [9.17, 15) is 4.79 Å². The molecule has 0 aliphatic rings. The second-order valence-corrected chi connectivity index (χ2v) is 4.68. The number of rotatable bonds is 3. The molecule has 0 saturated heterocycles. The van der Waals surface area contributed by atoms with Crippen molar-refractivity contribution >= 4 is 29.1 Å². The SMILES string of the molecule is C[C@H](NC(=O)c1ccco1)c1ccc(Cl)cc1Cl. The molecule has 0 fully saturated rings. The van der Waals surface area contributed by atoms with Crippen LogP contribution in [0.1, 0.15) is 29.1 Å². The van der Waals surface area contributed by atoms with Gasteiger partial charge in [0.05, 0.1) is 12.3 Å². The molecule has 2 rings (SSSR count). The van der Waals surface area contributed by atoms with Gasteiger partial charge in [0.1, 0.15) is 0 Å². The summed E-state index contributed by atoms with van der Waals surface area (Å²) in [6.45, 7) is 1.84. The van der Waals surface area contributed by atoms with E-state index in [-0.39, 0.29) is 17.7 Å². The van der Waals surface area contributed by atoms with Gasteiger partial charge in [0, 0.05) is 10.0 Å². The predicted molar refractivity (Wildman–Crippen MR) is 71.1 cm³/mol. The van der Waals surface area contributed by atoms with Gasteiger partial charge >= 0.3 is 0 Å². The van der Waals surface area contributed by atoms with Gasteiger partial charge in [-0.05, 0) is 36.8 Å². The van der Waals surface area contributed by atoms with Gasteiger partial charge in [-0.15, -0.1) is 0 Å². The normalized spacial score (nSPS) is 12.2. The van der Waals surface area contributed by atoms with Gasteiger partial charge < -0.3 is 9.73 Å². The summed E-state index contributed by atoms with van der Waals surface area (Å²) in [5, 5.41) is 3.88. The second-order valence-electron chi connectivity index (χ2n) is 3.84. The third-order valence-electron chi connectivity index (χ3n) is 2.52. The first-order valence-electron chi connectivity index (χ1n) is 5.37. The van der Waals surface area contributed by atoms with E-state index >= 15 is 0 Å². The monoisotopic (exact) mass is 283 g/mol. The summed E-state index contributed by atoms with van der Waals surface area (Å²) in [5.74, 6) is -0.00884. The van der Waals surface area contributed by atoms with Gasteiger partial charge in [0.15, 0.2) is 5.76 Å². The first-order chi connectivity index (χ1) is 8.58. The van der Waals surface area contributed by atoms with Crippen LogP contribution in [0.25, 0.3) is 0 Å². The lowest BCUT2D eigenvalue weighted by Crippen LogP contribution is -2.26. The Morgan fingerprint density at radius 1 is 1.33 bits per heavy atom. The van der Waals surface area contributed by atoms with Gasteiger partial charge in [0.2, 0.25) is 0 Å². The van der Waals surface area contributed by atoms with Gasteiger partial charge in [0.25, 0.3) is 5.91 Å². The third-order valence-corrected chi connectivity index (χ3v) is 3.08. The van der Waals surface area contributed by atoms with Crippen LogP contribution in [0.3, 0.4) is 0 Å². The van der Waals surface area contributed by atoms with Crippen molar-refractivity contribution in [2.45, 2.75) is 13.0 Å². The highest BCUT2D eigenvalue weighted by Crippen LogP contribution is 2.26. The molecule has 0 radical (unpaired) electrons. The number of hydrogen-bond donors (Lipinski definition) is 1. The molecule has 2 aromatic rings. The number of benzene rings is 1. The quantitative estimate of drug-likeness (QED) is 0.922. The van der Waals surface area contributed by atoms with Crippen LogP contribution in [0, 0.1) is 0 Å². The van der Waals surface area contributed by atoms with Crippen LogP contribution in [0.2, 0.25) is 10.0 Å². The number of amides is 1. The van der Waals surface area contributed by atoms with Crippen LogP contribution in [0.15, 0.2) is 41.0 Å². The molecule has 0 bridgehead atoms. The summed E-state index contributed by atoms with van der Waals surface area (Å²) in [6.07, 6.45) is 1.45. The molecule has 1 atom stereocenters. The molecular formula is C13H11Cl2NO2. The molecule has 0 saturated carbocycles. The number of halogens is 2. The Morgan fingerprint density at radius 2 is 2.11 bits per heavy atom. The van der Waals surface area contributed by atoms with E-state index in [1.54, 1.807) is 30.3 Å². The zero-order valence-electron chi connectivity index (χ0n) is 9.61. The Labute approximate surface area is 115 Å². The van der Waals surface area contributed by atoms with Crippen molar-refractivity contribution in [3.8, 4) is 0 Å². The summed E-state index contributed by atoms with van der Waals surface area (Å²) < 4.78 is 5.02. The van der Waals surface area contributed by atoms with Crippen molar-refractivity contribution in [3.05, 3.63) is 58.0 Å². The van der Waals surface area contributed by atoms with E-state index in [1.165, 1.54) is 6.26 Å². The summed E-state index contributed by atoms with van der Waals surface area (Å²) in [7, 11) is 0. The molecule has 3 nitrogen and oxygen atoms in total. The van der Waals surface area contributed by atoms with Crippen LogP contribution < -0.4 is 5.32 Å². The van der Waals surface area contributed by atoms with E-state index in [0.717, 1.165) is 5.56 Å². The molecule has 0 spiro atoms. The number of carbonyl (C=O) groups is 1. The molecular weight excluding hydrogens is 273 g/mol. The molecule has 18 heavy (non-hydrogen) atoms. The number of carbonyl (C=O) groups excluding carboxylic acids is 1. The fourth-order valence-corrected chi connectivity index (χ4v) is 2.18. The van der Waals surface area contributed by atoms with Gasteiger partial charge in [-0.3, -0.25) is 4.79 Å². The van der Waals surface area contributed by atoms with Crippen molar-refractivity contribution in [2.24, 2.45) is 0 Å². The maximum absolute atomic E-state index is 11.8. The Balaban J connectivity index is 2.12. The van der Waals surface area contributed by atoms with Crippen LogP contribution in [0.5, 0.6) is 0 Å². The van der Waals surface area contributed by atoms with Crippen LogP contribution in [-0.2, 0) is 0 Å². The first kappa shape index (κ1) is 13.0. The lowest BCUT2D eigenvalue weighted by atomic mass is 10.1. The third kappa shape index (κ3) is 2.86. The minimum atomic E-state index is -0.279. The summed E-state index contributed by atoms with van der Waals surface area (Å²) >= 11 is 11.9. The average Bonchev–Trinajstić information content (AvgIpc) is 2.81. The molecule has 0 aliphatic carbocycles. The first-order valence-corrected chi connectivity index (χ1v) is 6.13. The van der Waals surface area contributed by atoms with E-state index < -0.39 is 0 Å². The van der Waals surface area contributed by atoms with Gasteiger partial charge in [-0.1, -0.05) is 29.3 Å². The average molecular weight is 284 g/mol. The molecule has 1 heterocycles. The van der Waals surface area contributed by atoms with E-state index in [4.69, 9.17) is 27.6 Å². The molecule has 5 heteroatoms. The number of nitrogens with one attached hydrogen (secondary N) is 1. The number of hydrogen-bond acceptors (Lipinski definition) is 2. The van der Waals surface area contributed by atoms with Crippen LogP contribution in [0.4, 0.5) is 0 Å².